The Morgan fingerprint density at radius 3 is 2.67 bits per heavy atom. The maximum atomic E-state index is 13.3. The Labute approximate surface area is 168 Å². The van der Waals surface area contributed by atoms with E-state index < -0.39 is 0 Å². The standard InChI is InChI=1S/C20H22ClN3O2S/c1-14(23-8-11-27-12-9-23)20(25)24-18(19-3-2-10-26-19)13-17(22-24)15-4-6-16(21)7-5-15/h2-7,10,14,18H,8-9,11-13H2,1H3. The molecule has 7 heteroatoms. The molecule has 1 saturated heterocycles. The number of halogens is 1. The Morgan fingerprint density at radius 1 is 1.26 bits per heavy atom. The van der Waals surface area contributed by atoms with Gasteiger partial charge in [0, 0.05) is 36.0 Å². The second kappa shape index (κ2) is 8.09. The highest BCUT2D eigenvalue weighted by molar-refractivity contribution is 7.99. The van der Waals surface area contributed by atoms with Gasteiger partial charge in [-0.2, -0.15) is 16.9 Å². The van der Waals surface area contributed by atoms with Crippen molar-refractivity contribution in [1.29, 1.82) is 0 Å². The monoisotopic (exact) mass is 403 g/mol. The Hall–Kier alpha value is -1.76. The molecule has 1 aromatic heterocycles. The van der Waals surface area contributed by atoms with E-state index in [-0.39, 0.29) is 18.0 Å². The van der Waals surface area contributed by atoms with E-state index in [1.807, 2.05) is 55.1 Å². The molecule has 0 bridgehead atoms. The lowest BCUT2D eigenvalue weighted by atomic mass is 10.0. The summed E-state index contributed by atoms with van der Waals surface area (Å²) in [5.74, 6) is 2.92. The van der Waals surface area contributed by atoms with Crippen molar-refractivity contribution in [1.82, 2.24) is 9.91 Å². The van der Waals surface area contributed by atoms with Crippen LogP contribution in [0.25, 0.3) is 0 Å². The second-order valence-electron chi connectivity index (χ2n) is 6.80. The molecule has 0 aliphatic carbocycles. The first-order chi connectivity index (χ1) is 13.1. The van der Waals surface area contributed by atoms with Gasteiger partial charge >= 0.3 is 0 Å². The van der Waals surface area contributed by atoms with Crippen molar-refractivity contribution in [2.24, 2.45) is 5.10 Å². The molecule has 27 heavy (non-hydrogen) atoms. The minimum Gasteiger partial charge on any atom is -0.467 e. The van der Waals surface area contributed by atoms with E-state index in [1.54, 1.807) is 11.3 Å². The van der Waals surface area contributed by atoms with E-state index >= 15 is 0 Å². The molecule has 2 aliphatic rings. The quantitative estimate of drug-likeness (QED) is 0.772. The summed E-state index contributed by atoms with van der Waals surface area (Å²) in [6.07, 6.45) is 2.27. The molecule has 1 fully saturated rings. The number of furan rings is 1. The normalized spacial score (nSPS) is 21.9. The highest BCUT2D eigenvalue weighted by Gasteiger charge is 2.38. The van der Waals surface area contributed by atoms with Gasteiger partial charge in [-0.1, -0.05) is 23.7 Å². The van der Waals surface area contributed by atoms with Crippen LogP contribution in [0.15, 0.2) is 52.2 Å². The maximum absolute atomic E-state index is 13.3. The van der Waals surface area contributed by atoms with Crippen molar-refractivity contribution >= 4 is 35.0 Å². The van der Waals surface area contributed by atoms with Gasteiger partial charge in [-0.3, -0.25) is 9.69 Å². The Balaban J connectivity index is 1.61. The molecule has 2 atom stereocenters. The predicted molar refractivity (Wildman–Crippen MR) is 109 cm³/mol. The smallest absolute Gasteiger partial charge is 0.260 e. The fraction of sp³-hybridized carbons (Fsp3) is 0.400. The van der Waals surface area contributed by atoms with Gasteiger partial charge in [-0.15, -0.1) is 0 Å². The van der Waals surface area contributed by atoms with E-state index in [9.17, 15) is 4.79 Å². The Morgan fingerprint density at radius 2 is 2.00 bits per heavy atom. The number of rotatable bonds is 4. The third kappa shape index (κ3) is 3.93. The number of hydrogen-bond donors (Lipinski definition) is 0. The number of benzene rings is 1. The molecule has 2 unspecified atom stereocenters. The van der Waals surface area contributed by atoms with Crippen LogP contribution in [0, 0.1) is 0 Å². The summed E-state index contributed by atoms with van der Waals surface area (Å²) in [4.78, 5) is 15.5. The molecule has 0 saturated carbocycles. The van der Waals surface area contributed by atoms with Crippen LogP contribution in [-0.4, -0.2) is 52.2 Å². The Kier molecular flexibility index (Phi) is 5.57. The molecule has 0 radical (unpaired) electrons. The van der Waals surface area contributed by atoms with Gasteiger partial charge in [-0.05, 0) is 36.8 Å². The van der Waals surface area contributed by atoms with Crippen molar-refractivity contribution in [3.05, 3.63) is 59.0 Å². The number of hydrogen-bond acceptors (Lipinski definition) is 5. The zero-order valence-corrected chi connectivity index (χ0v) is 16.7. The van der Waals surface area contributed by atoms with Gasteiger partial charge in [0.15, 0.2) is 0 Å². The largest absolute Gasteiger partial charge is 0.467 e. The van der Waals surface area contributed by atoms with Gasteiger partial charge in [0.1, 0.15) is 11.8 Å². The van der Waals surface area contributed by atoms with E-state index in [0.717, 1.165) is 41.6 Å². The van der Waals surface area contributed by atoms with Crippen LogP contribution >= 0.6 is 23.4 Å². The van der Waals surface area contributed by atoms with Gasteiger partial charge in [0.2, 0.25) is 0 Å². The van der Waals surface area contributed by atoms with Crippen molar-refractivity contribution < 1.29 is 9.21 Å². The molecule has 5 nitrogen and oxygen atoms in total. The number of carbonyl (C=O) groups is 1. The lowest BCUT2D eigenvalue weighted by Crippen LogP contribution is -2.48. The zero-order chi connectivity index (χ0) is 18.8. The minimum absolute atomic E-state index is 0.0206. The van der Waals surface area contributed by atoms with Crippen LogP contribution in [0.3, 0.4) is 0 Å². The second-order valence-corrected chi connectivity index (χ2v) is 8.46. The van der Waals surface area contributed by atoms with Crippen LogP contribution in [0.1, 0.15) is 30.7 Å². The summed E-state index contributed by atoms with van der Waals surface area (Å²) in [6.45, 7) is 3.85. The fourth-order valence-corrected chi connectivity index (χ4v) is 4.60. The van der Waals surface area contributed by atoms with Crippen molar-refractivity contribution in [3.63, 3.8) is 0 Å². The third-order valence-corrected chi connectivity index (χ3v) is 6.33. The number of hydrazone groups is 1. The van der Waals surface area contributed by atoms with Crippen molar-refractivity contribution in [2.75, 3.05) is 24.6 Å². The van der Waals surface area contributed by atoms with Gasteiger partial charge < -0.3 is 4.42 Å². The third-order valence-electron chi connectivity index (χ3n) is 5.14. The van der Waals surface area contributed by atoms with Crippen LogP contribution in [0.5, 0.6) is 0 Å². The number of amides is 1. The summed E-state index contributed by atoms with van der Waals surface area (Å²) >= 11 is 7.95. The number of nitrogens with zero attached hydrogens (tertiary/aromatic N) is 3. The molecule has 0 N–H and O–H groups in total. The molecule has 1 aromatic carbocycles. The van der Waals surface area contributed by atoms with E-state index in [0.29, 0.717) is 11.4 Å². The lowest BCUT2D eigenvalue weighted by molar-refractivity contribution is -0.138. The average Bonchev–Trinajstić information content (AvgIpc) is 3.38. The summed E-state index contributed by atoms with van der Waals surface area (Å²) in [6, 6.07) is 10.9. The zero-order valence-electron chi connectivity index (χ0n) is 15.2. The molecular weight excluding hydrogens is 382 g/mol. The highest BCUT2D eigenvalue weighted by atomic mass is 35.5. The summed E-state index contributed by atoms with van der Waals surface area (Å²) in [5.41, 5.74) is 1.86. The first-order valence-electron chi connectivity index (χ1n) is 9.15. The van der Waals surface area contributed by atoms with E-state index in [4.69, 9.17) is 21.1 Å². The molecule has 3 heterocycles. The molecule has 0 spiro atoms. The lowest BCUT2D eigenvalue weighted by Gasteiger charge is -2.33. The topological polar surface area (TPSA) is 49.1 Å². The SMILES string of the molecule is CC(C(=O)N1N=C(c2ccc(Cl)cc2)CC1c1ccco1)N1CCSCC1. The predicted octanol–water partition coefficient (Wildman–Crippen LogP) is 4.05. The van der Waals surface area contributed by atoms with Crippen molar-refractivity contribution in [2.45, 2.75) is 25.4 Å². The summed E-state index contributed by atoms with van der Waals surface area (Å²) in [5, 5.41) is 7.01. The Bertz CT molecular complexity index is 816. The van der Waals surface area contributed by atoms with Gasteiger partial charge in [-0.25, -0.2) is 5.01 Å². The molecule has 142 valence electrons. The molecule has 4 rings (SSSR count). The van der Waals surface area contributed by atoms with E-state index in [2.05, 4.69) is 4.90 Å². The first kappa shape index (κ1) is 18.6. The van der Waals surface area contributed by atoms with Crippen LogP contribution in [0.4, 0.5) is 0 Å². The maximum Gasteiger partial charge on any atom is 0.260 e. The fourth-order valence-electron chi connectivity index (χ4n) is 3.55. The minimum atomic E-state index is -0.209. The average molecular weight is 404 g/mol. The van der Waals surface area contributed by atoms with Crippen LogP contribution < -0.4 is 0 Å². The molecule has 1 amide bonds. The van der Waals surface area contributed by atoms with Crippen LogP contribution in [0.2, 0.25) is 5.02 Å². The molecule has 2 aromatic rings. The first-order valence-corrected chi connectivity index (χ1v) is 10.7. The number of carbonyl (C=O) groups excluding carboxylic acids is 1. The molecule has 2 aliphatic heterocycles. The van der Waals surface area contributed by atoms with Crippen LogP contribution in [-0.2, 0) is 4.79 Å². The van der Waals surface area contributed by atoms with Gasteiger partial charge in [0.25, 0.3) is 5.91 Å². The summed E-state index contributed by atoms with van der Waals surface area (Å²) in [7, 11) is 0. The molecular formula is C20H22ClN3O2S. The van der Waals surface area contributed by atoms with E-state index in [1.165, 1.54) is 0 Å². The highest BCUT2D eigenvalue weighted by Crippen LogP contribution is 2.34. The van der Waals surface area contributed by atoms with Gasteiger partial charge in [0.05, 0.1) is 18.0 Å². The number of thioether (sulfide) groups is 1. The van der Waals surface area contributed by atoms with Crippen molar-refractivity contribution in [3.8, 4) is 0 Å². The summed E-state index contributed by atoms with van der Waals surface area (Å²) < 4.78 is 5.62.